The maximum absolute atomic E-state index is 2.68. The average Bonchev–Trinajstić information content (AvgIpc) is 2.43. The summed E-state index contributed by atoms with van der Waals surface area (Å²) < 4.78 is 0. The topological polar surface area (TPSA) is 6.48 Å². The summed E-state index contributed by atoms with van der Waals surface area (Å²) in [7, 11) is 0. The van der Waals surface area contributed by atoms with Gasteiger partial charge in [-0.1, -0.05) is 34.6 Å². The third kappa shape index (κ3) is 2.73. The molecule has 1 rings (SSSR count). The number of likely N-dealkylation sites (N-methyl/N-ethyl adjacent to an activating group) is 1. The van der Waals surface area contributed by atoms with E-state index in [0.29, 0.717) is 17.6 Å². The van der Waals surface area contributed by atoms with E-state index in [1.165, 1.54) is 26.1 Å². The Kier molecular flexibility index (Phi) is 4.19. The molecular weight excluding hydrogens is 184 g/mol. The lowest BCUT2D eigenvalue weighted by Gasteiger charge is -2.40. The van der Waals surface area contributed by atoms with Crippen LogP contribution in [0.25, 0.3) is 0 Å². The van der Waals surface area contributed by atoms with E-state index in [1.807, 2.05) is 0 Å². The molecule has 90 valence electrons. The second-order valence-corrected chi connectivity index (χ2v) is 5.91. The van der Waals surface area contributed by atoms with Crippen molar-refractivity contribution in [3.05, 3.63) is 0 Å². The van der Waals surface area contributed by atoms with Crippen molar-refractivity contribution >= 4 is 0 Å². The van der Waals surface area contributed by atoms with E-state index in [-0.39, 0.29) is 0 Å². The molecule has 1 fully saturated rings. The van der Waals surface area contributed by atoms with Gasteiger partial charge in [-0.25, -0.2) is 0 Å². The molecule has 0 amide bonds. The molecular formula is C13H28N2. The van der Waals surface area contributed by atoms with Crippen LogP contribution in [0.1, 0.15) is 48.0 Å². The minimum absolute atomic E-state index is 0.357. The molecule has 1 heterocycles. The molecule has 0 aromatic carbocycles. The maximum atomic E-state index is 2.68. The van der Waals surface area contributed by atoms with Crippen LogP contribution in [-0.2, 0) is 0 Å². The molecule has 2 nitrogen and oxygen atoms in total. The van der Waals surface area contributed by atoms with E-state index in [2.05, 4.69) is 51.3 Å². The van der Waals surface area contributed by atoms with Gasteiger partial charge in [0.1, 0.15) is 0 Å². The van der Waals surface area contributed by atoms with Gasteiger partial charge < -0.3 is 0 Å². The van der Waals surface area contributed by atoms with Crippen LogP contribution in [0, 0.1) is 5.41 Å². The normalized spacial score (nSPS) is 30.0. The molecule has 2 atom stereocenters. The molecule has 1 aliphatic heterocycles. The van der Waals surface area contributed by atoms with Crippen molar-refractivity contribution in [3.8, 4) is 0 Å². The standard InChI is InChI=1S/C13H28N2/c1-7-9-15-11(3)10-14(8-2)12(15)13(4,5)6/h11-12H,7-10H2,1-6H3/t11-,12?/m0/s1. The molecule has 0 aliphatic carbocycles. The Bertz CT molecular complexity index is 195. The summed E-state index contributed by atoms with van der Waals surface area (Å²) in [5.74, 6) is 0. The van der Waals surface area contributed by atoms with Crippen LogP contribution >= 0.6 is 0 Å². The Balaban J connectivity index is 2.83. The smallest absolute Gasteiger partial charge is 0.0675 e. The zero-order valence-corrected chi connectivity index (χ0v) is 11.4. The Hall–Kier alpha value is -0.0800. The predicted octanol–water partition coefficient (Wildman–Crippen LogP) is 2.79. The third-order valence-electron chi connectivity index (χ3n) is 3.39. The Morgan fingerprint density at radius 2 is 1.80 bits per heavy atom. The third-order valence-corrected chi connectivity index (χ3v) is 3.39. The van der Waals surface area contributed by atoms with Crippen LogP contribution in [0.4, 0.5) is 0 Å². The lowest BCUT2D eigenvalue weighted by atomic mass is 9.91. The molecule has 0 spiro atoms. The van der Waals surface area contributed by atoms with Crippen LogP contribution in [-0.4, -0.2) is 41.6 Å². The largest absolute Gasteiger partial charge is 0.286 e. The molecule has 1 aliphatic rings. The Morgan fingerprint density at radius 1 is 1.20 bits per heavy atom. The molecule has 0 saturated carbocycles. The molecule has 15 heavy (non-hydrogen) atoms. The molecule has 0 N–H and O–H groups in total. The molecule has 0 aromatic heterocycles. The van der Waals surface area contributed by atoms with Gasteiger partial charge in [-0.15, -0.1) is 0 Å². The van der Waals surface area contributed by atoms with E-state index in [9.17, 15) is 0 Å². The van der Waals surface area contributed by atoms with E-state index >= 15 is 0 Å². The monoisotopic (exact) mass is 212 g/mol. The van der Waals surface area contributed by atoms with E-state index in [1.54, 1.807) is 0 Å². The van der Waals surface area contributed by atoms with Crippen molar-refractivity contribution in [2.24, 2.45) is 5.41 Å². The molecule has 1 saturated heterocycles. The SMILES string of the molecule is CCCN1C(C(C)(C)C)N(CC)C[C@@H]1C. The first-order valence-corrected chi connectivity index (χ1v) is 6.41. The van der Waals surface area contributed by atoms with Crippen molar-refractivity contribution < 1.29 is 0 Å². The van der Waals surface area contributed by atoms with Gasteiger partial charge in [0.05, 0.1) is 6.17 Å². The van der Waals surface area contributed by atoms with Crippen molar-refractivity contribution in [1.29, 1.82) is 0 Å². The predicted molar refractivity (Wildman–Crippen MR) is 66.9 cm³/mol. The highest BCUT2D eigenvalue weighted by atomic mass is 15.4. The highest BCUT2D eigenvalue weighted by Gasteiger charge is 2.42. The van der Waals surface area contributed by atoms with Gasteiger partial charge in [-0.05, 0) is 31.8 Å². The second kappa shape index (κ2) is 4.84. The molecule has 0 bridgehead atoms. The number of nitrogens with zero attached hydrogens (tertiary/aromatic N) is 2. The van der Waals surface area contributed by atoms with Crippen molar-refractivity contribution in [2.75, 3.05) is 19.6 Å². The summed E-state index contributed by atoms with van der Waals surface area (Å²) in [6, 6.07) is 0.717. The zero-order chi connectivity index (χ0) is 11.6. The maximum Gasteiger partial charge on any atom is 0.0675 e. The van der Waals surface area contributed by atoms with Crippen LogP contribution < -0.4 is 0 Å². The lowest BCUT2D eigenvalue weighted by Crippen LogP contribution is -2.49. The van der Waals surface area contributed by atoms with E-state index in [4.69, 9.17) is 0 Å². The zero-order valence-electron chi connectivity index (χ0n) is 11.4. The minimum Gasteiger partial charge on any atom is -0.286 e. The second-order valence-electron chi connectivity index (χ2n) is 5.91. The van der Waals surface area contributed by atoms with Gasteiger partial charge >= 0.3 is 0 Å². The first-order valence-electron chi connectivity index (χ1n) is 6.41. The summed E-state index contributed by atoms with van der Waals surface area (Å²) in [5.41, 5.74) is 0.357. The van der Waals surface area contributed by atoms with E-state index < -0.39 is 0 Å². The molecule has 2 heteroatoms. The van der Waals surface area contributed by atoms with Gasteiger partial charge in [0.25, 0.3) is 0 Å². The van der Waals surface area contributed by atoms with Crippen molar-refractivity contribution in [2.45, 2.75) is 60.2 Å². The fraction of sp³-hybridized carbons (Fsp3) is 1.00. The van der Waals surface area contributed by atoms with Crippen molar-refractivity contribution in [3.63, 3.8) is 0 Å². The average molecular weight is 212 g/mol. The summed E-state index contributed by atoms with van der Waals surface area (Å²) in [6.45, 7) is 17.7. The van der Waals surface area contributed by atoms with Crippen LogP contribution in [0.3, 0.4) is 0 Å². The summed E-state index contributed by atoms with van der Waals surface area (Å²) in [5, 5.41) is 0. The first-order chi connectivity index (χ1) is 6.91. The van der Waals surface area contributed by atoms with Gasteiger partial charge in [0, 0.05) is 12.6 Å². The van der Waals surface area contributed by atoms with E-state index in [0.717, 1.165) is 0 Å². The lowest BCUT2D eigenvalue weighted by molar-refractivity contribution is 0.0331. The number of hydrogen-bond donors (Lipinski definition) is 0. The van der Waals surface area contributed by atoms with Crippen LogP contribution in [0.5, 0.6) is 0 Å². The number of hydrogen-bond acceptors (Lipinski definition) is 2. The molecule has 1 unspecified atom stereocenters. The number of rotatable bonds is 3. The minimum atomic E-state index is 0.357. The summed E-state index contributed by atoms with van der Waals surface area (Å²) >= 11 is 0. The highest BCUT2D eigenvalue weighted by Crippen LogP contribution is 2.33. The summed E-state index contributed by atoms with van der Waals surface area (Å²) in [6.07, 6.45) is 1.88. The fourth-order valence-corrected chi connectivity index (χ4v) is 2.94. The molecule has 0 radical (unpaired) electrons. The van der Waals surface area contributed by atoms with Gasteiger partial charge in [0.2, 0.25) is 0 Å². The Morgan fingerprint density at radius 3 is 2.20 bits per heavy atom. The quantitative estimate of drug-likeness (QED) is 0.710. The Labute approximate surface area is 95.6 Å². The highest BCUT2D eigenvalue weighted by molar-refractivity contribution is 4.93. The first kappa shape index (κ1) is 13.0. The van der Waals surface area contributed by atoms with Crippen molar-refractivity contribution in [1.82, 2.24) is 9.80 Å². The summed E-state index contributed by atoms with van der Waals surface area (Å²) in [4.78, 5) is 5.31. The van der Waals surface area contributed by atoms with Crippen LogP contribution in [0.2, 0.25) is 0 Å². The fourth-order valence-electron chi connectivity index (χ4n) is 2.94. The van der Waals surface area contributed by atoms with Gasteiger partial charge in [-0.3, -0.25) is 9.80 Å². The van der Waals surface area contributed by atoms with Gasteiger partial charge in [-0.2, -0.15) is 0 Å². The van der Waals surface area contributed by atoms with Crippen LogP contribution in [0.15, 0.2) is 0 Å². The van der Waals surface area contributed by atoms with Gasteiger partial charge in [0.15, 0.2) is 0 Å². The molecule has 0 aromatic rings.